The maximum Gasteiger partial charge on any atom is 0.338 e. The molecule has 2 aromatic rings. The highest BCUT2D eigenvalue weighted by Crippen LogP contribution is 2.15. The number of nitrogens with zero attached hydrogens (tertiary/aromatic N) is 2. The zero-order valence-corrected chi connectivity index (χ0v) is 16.3. The lowest BCUT2D eigenvalue weighted by Crippen LogP contribution is -2.13. The summed E-state index contributed by atoms with van der Waals surface area (Å²) in [5.74, 6) is -0.771. The first-order valence-corrected chi connectivity index (χ1v) is 8.77. The molecule has 0 atom stereocenters. The van der Waals surface area contributed by atoms with Gasteiger partial charge in [-0.3, -0.25) is 0 Å². The van der Waals surface area contributed by atoms with Gasteiger partial charge in [0.2, 0.25) is 0 Å². The van der Waals surface area contributed by atoms with Crippen LogP contribution in [0.4, 0.5) is 11.4 Å². The number of hydrogen-bond acceptors (Lipinski definition) is 6. The molecule has 0 heterocycles. The van der Waals surface area contributed by atoms with Crippen LogP contribution in [0.3, 0.4) is 0 Å². The van der Waals surface area contributed by atoms with Crippen LogP contribution in [0.5, 0.6) is 0 Å². The Bertz CT molecular complexity index is 722. The van der Waals surface area contributed by atoms with Gasteiger partial charge in [-0.05, 0) is 36.4 Å². The molecule has 0 amide bonds. The standard InChI is InChI=1S/C21H26N2O4/c1-22(2)18-10-5-8-16(14-18)20(24)26-12-7-13-27-21(25)17-9-6-11-19(15-17)23(3)4/h5-6,8-11,14-15H,7,12-13H2,1-4H3. The molecule has 0 bridgehead atoms. The number of carbonyl (C=O) groups is 2. The van der Waals surface area contributed by atoms with Gasteiger partial charge in [0.25, 0.3) is 0 Å². The number of benzene rings is 2. The fourth-order valence-electron chi connectivity index (χ4n) is 2.38. The van der Waals surface area contributed by atoms with E-state index < -0.39 is 0 Å². The van der Waals surface area contributed by atoms with Crippen LogP contribution >= 0.6 is 0 Å². The Kier molecular flexibility index (Phi) is 7.23. The summed E-state index contributed by atoms with van der Waals surface area (Å²) in [5, 5.41) is 0. The van der Waals surface area contributed by atoms with Gasteiger partial charge in [-0.1, -0.05) is 12.1 Å². The monoisotopic (exact) mass is 370 g/mol. The molecule has 0 aliphatic heterocycles. The Morgan fingerprint density at radius 2 is 1.15 bits per heavy atom. The molecule has 6 heteroatoms. The molecule has 0 spiro atoms. The van der Waals surface area contributed by atoms with Gasteiger partial charge in [-0.2, -0.15) is 0 Å². The van der Waals surface area contributed by atoms with Crippen LogP contribution in [-0.4, -0.2) is 53.3 Å². The van der Waals surface area contributed by atoms with E-state index in [0.717, 1.165) is 11.4 Å². The SMILES string of the molecule is CN(C)c1cccc(C(=O)OCCCOC(=O)c2cccc(N(C)C)c2)c1. The van der Waals surface area contributed by atoms with Crippen molar-refractivity contribution in [3.05, 3.63) is 59.7 Å². The maximum atomic E-state index is 12.1. The van der Waals surface area contributed by atoms with Crippen LogP contribution in [0.15, 0.2) is 48.5 Å². The van der Waals surface area contributed by atoms with Gasteiger partial charge in [0.1, 0.15) is 0 Å². The molecule has 27 heavy (non-hydrogen) atoms. The fraction of sp³-hybridized carbons (Fsp3) is 0.333. The molecule has 2 rings (SSSR count). The molecule has 2 aromatic carbocycles. The molecule has 0 saturated heterocycles. The Balaban J connectivity index is 1.75. The third kappa shape index (κ3) is 6.02. The van der Waals surface area contributed by atoms with Crippen LogP contribution in [-0.2, 0) is 9.47 Å². The quantitative estimate of drug-likeness (QED) is 0.525. The van der Waals surface area contributed by atoms with Crippen LogP contribution in [0.25, 0.3) is 0 Å². The Labute approximate surface area is 160 Å². The van der Waals surface area contributed by atoms with E-state index in [1.807, 2.05) is 62.3 Å². The van der Waals surface area contributed by atoms with Gasteiger partial charge in [-0.15, -0.1) is 0 Å². The van der Waals surface area contributed by atoms with E-state index in [1.165, 1.54) is 0 Å². The summed E-state index contributed by atoms with van der Waals surface area (Å²) in [6, 6.07) is 14.5. The number of hydrogen-bond donors (Lipinski definition) is 0. The minimum absolute atomic E-state index is 0.191. The van der Waals surface area contributed by atoms with Crippen molar-refractivity contribution in [2.45, 2.75) is 6.42 Å². The number of anilines is 2. The van der Waals surface area contributed by atoms with E-state index in [4.69, 9.17) is 9.47 Å². The molecular weight excluding hydrogens is 344 g/mol. The van der Waals surface area contributed by atoms with Crippen LogP contribution in [0, 0.1) is 0 Å². The summed E-state index contributed by atoms with van der Waals surface area (Å²) >= 11 is 0. The number of rotatable bonds is 8. The van der Waals surface area contributed by atoms with Gasteiger partial charge in [-0.25, -0.2) is 9.59 Å². The summed E-state index contributed by atoms with van der Waals surface area (Å²) in [6.45, 7) is 0.381. The topological polar surface area (TPSA) is 59.1 Å². The highest BCUT2D eigenvalue weighted by Gasteiger charge is 2.10. The van der Waals surface area contributed by atoms with Gasteiger partial charge in [0, 0.05) is 46.0 Å². The third-order valence-electron chi connectivity index (χ3n) is 3.95. The predicted octanol–water partition coefficient (Wildman–Crippen LogP) is 3.22. The molecule has 0 radical (unpaired) electrons. The van der Waals surface area contributed by atoms with Crippen LogP contribution in [0.1, 0.15) is 27.1 Å². The molecule has 0 N–H and O–H groups in total. The number of ether oxygens (including phenoxy) is 2. The molecule has 0 aliphatic carbocycles. The minimum atomic E-state index is -0.385. The molecule has 0 fully saturated rings. The lowest BCUT2D eigenvalue weighted by Gasteiger charge is -2.13. The van der Waals surface area contributed by atoms with Crippen molar-refractivity contribution in [3.8, 4) is 0 Å². The van der Waals surface area contributed by atoms with Crippen molar-refractivity contribution < 1.29 is 19.1 Å². The number of carbonyl (C=O) groups excluding carboxylic acids is 2. The number of esters is 2. The third-order valence-corrected chi connectivity index (χ3v) is 3.95. The van der Waals surface area contributed by atoms with Crippen molar-refractivity contribution in [3.63, 3.8) is 0 Å². The molecule has 0 unspecified atom stereocenters. The second-order valence-corrected chi connectivity index (χ2v) is 6.51. The molecule has 0 aromatic heterocycles. The normalized spacial score (nSPS) is 10.2. The van der Waals surface area contributed by atoms with Crippen molar-refractivity contribution >= 4 is 23.3 Å². The lowest BCUT2D eigenvalue weighted by molar-refractivity contribution is 0.0396. The second-order valence-electron chi connectivity index (χ2n) is 6.51. The fourth-order valence-corrected chi connectivity index (χ4v) is 2.38. The van der Waals surface area contributed by atoms with E-state index in [-0.39, 0.29) is 25.2 Å². The van der Waals surface area contributed by atoms with E-state index >= 15 is 0 Å². The minimum Gasteiger partial charge on any atom is -0.462 e. The highest BCUT2D eigenvalue weighted by molar-refractivity contribution is 5.91. The first-order chi connectivity index (χ1) is 12.9. The van der Waals surface area contributed by atoms with Crippen LogP contribution in [0.2, 0.25) is 0 Å². The zero-order valence-electron chi connectivity index (χ0n) is 16.3. The molecule has 6 nitrogen and oxygen atoms in total. The van der Waals surface area contributed by atoms with E-state index in [1.54, 1.807) is 24.3 Å². The molecule has 0 saturated carbocycles. The maximum absolute atomic E-state index is 12.1. The Morgan fingerprint density at radius 1 is 0.741 bits per heavy atom. The van der Waals surface area contributed by atoms with Gasteiger partial charge < -0.3 is 19.3 Å². The van der Waals surface area contributed by atoms with Gasteiger partial charge >= 0.3 is 11.9 Å². The predicted molar refractivity (Wildman–Crippen MR) is 107 cm³/mol. The summed E-state index contributed by atoms with van der Waals surface area (Å²) in [6.07, 6.45) is 0.443. The largest absolute Gasteiger partial charge is 0.462 e. The van der Waals surface area contributed by atoms with Crippen molar-refractivity contribution in [2.24, 2.45) is 0 Å². The van der Waals surface area contributed by atoms with E-state index in [2.05, 4.69) is 0 Å². The summed E-state index contributed by atoms with van der Waals surface area (Å²) < 4.78 is 10.5. The average molecular weight is 370 g/mol. The summed E-state index contributed by atoms with van der Waals surface area (Å²) in [7, 11) is 7.64. The van der Waals surface area contributed by atoms with Crippen molar-refractivity contribution in [1.82, 2.24) is 0 Å². The summed E-state index contributed by atoms with van der Waals surface area (Å²) in [4.78, 5) is 28.0. The summed E-state index contributed by atoms with van der Waals surface area (Å²) in [5.41, 5.74) is 2.86. The van der Waals surface area contributed by atoms with Gasteiger partial charge in [0.05, 0.1) is 24.3 Å². The Morgan fingerprint density at radius 3 is 1.52 bits per heavy atom. The molecule has 0 aliphatic rings. The molecular formula is C21H26N2O4. The van der Waals surface area contributed by atoms with Crippen molar-refractivity contribution in [2.75, 3.05) is 51.2 Å². The zero-order chi connectivity index (χ0) is 19.8. The smallest absolute Gasteiger partial charge is 0.338 e. The lowest BCUT2D eigenvalue weighted by atomic mass is 10.2. The molecule has 144 valence electrons. The van der Waals surface area contributed by atoms with Gasteiger partial charge in [0.15, 0.2) is 0 Å². The van der Waals surface area contributed by atoms with E-state index in [9.17, 15) is 9.59 Å². The first-order valence-electron chi connectivity index (χ1n) is 8.77. The van der Waals surface area contributed by atoms with Crippen molar-refractivity contribution in [1.29, 1.82) is 0 Å². The second kappa shape index (κ2) is 9.62. The highest BCUT2D eigenvalue weighted by atomic mass is 16.5. The van der Waals surface area contributed by atoms with E-state index in [0.29, 0.717) is 17.5 Å². The first kappa shape index (κ1) is 20.3. The Hall–Kier alpha value is -3.02. The average Bonchev–Trinajstić information content (AvgIpc) is 2.67. The van der Waals surface area contributed by atoms with Crippen LogP contribution < -0.4 is 9.80 Å².